The molecule has 1 N–H and O–H groups in total. The lowest BCUT2D eigenvalue weighted by Crippen LogP contribution is -2.45. The molecule has 114 valence electrons. The maximum absolute atomic E-state index is 12.5. The number of ether oxygens (including phenoxy) is 1. The fourth-order valence-corrected chi connectivity index (χ4v) is 3.63. The average molecular weight is 331 g/mol. The number of rotatable bonds is 4. The van der Waals surface area contributed by atoms with Gasteiger partial charge in [-0.1, -0.05) is 11.6 Å². The fourth-order valence-electron chi connectivity index (χ4n) is 1.93. The summed E-state index contributed by atoms with van der Waals surface area (Å²) in [5.74, 6) is 0.440. The number of hydrogen-bond donors (Lipinski definition) is 1. The number of morpholine rings is 1. The van der Waals surface area contributed by atoms with Crippen LogP contribution in [0.4, 0.5) is 5.82 Å². The van der Waals surface area contributed by atoms with E-state index in [9.17, 15) is 8.42 Å². The first-order valence-corrected chi connectivity index (χ1v) is 8.21. The summed E-state index contributed by atoms with van der Waals surface area (Å²) in [5, 5.41) is 12.0. The summed E-state index contributed by atoms with van der Waals surface area (Å²) in [6, 6.07) is 3.27. The number of halogens is 1. The van der Waals surface area contributed by atoms with Crippen LogP contribution in [-0.2, 0) is 14.8 Å². The molecule has 0 saturated carbocycles. The molecule has 7 nitrogen and oxygen atoms in total. The lowest BCUT2D eigenvalue weighted by molar-refractivity contribution is 0.0311. The van der Waals surface area contributed by atoms with E-state index in [4.69, 9.17) is 21.6 Å². The van der Waals surface area contributed by atoms with Crippen molar-refractivity contribution in [2.75, 3.05) is 31.6 Å². The Balaban J connectivity index is 2.27. The number of nitriles is 1. The first kappa shape index (κ1) is 16.0. The molecule has 1 atom stereocenters. The van der Waals surface area contributed by atoms with Gasteiger partial charge in [0.1, 0.15) is 10.7 Å². The van der Waals surface area contributed by atoms with Gasteiger partial charge < -0.3 is 10.1 Å². The van der Waals surface area contributed by atoms with Crippen LogP contribution in [0, 0.1) is 11.3 Å². The minimum absolute atomic E-state index is 0.00537. The van der Waals surface area contributed by atoms with Crippen molar-refractivity contribution in [2.45, 2.75) is 17.9 Å². The van der Waals surface area contributed by atoms with Gasteiger partial charge in [0.05, 0.1) is 24.2 Å². The summed E-state index contributed by atoms with van der Waals surface area (Å²) in [7, 11) is -3.73. The van der Waals surface area contributed by atoms with Gasteiger partial charge in [-0.05, 0) is 13.0 Å². The highest BCUT2D eigenvalue weighted by molar-refractivity contribution is 7.89. The molecule has 1 saturated heterocycles. The van der Waals surface area contributed by atoms with Crippen molar-refractivity contribution in [3.63, 3.8) is 0 Å². The van der Waals surface area contributed by atoms with Crippen LogP contribution in [0.2, 0.25) is 5.02 Å². The number of pyridine rings is 1. The van der Waals surface area contributed by atoms with Crippen LogP contribution in [0.1, 0.15) is 6.92 Å². The summed E-state index contributed by atoms with van der Waals surface area (Å²) in [4.78, 5) is 4.03. The number of sulfonamides is 1. The molecule has 21 heavy (non-hydrogen) atoms. The van der Waals surface area contributed by atoms with E-state index in [0.29, 0.717) is 12.4 Å². The molecule has 0 spiro atoms. The number of anilines is 1. The Bertz CT molecular complexity index is 659. The second-order valence-electron chi connectivity index (χ2n) is 4.38. The van der Waals surface area contributed by atoms with Crippen LogP contribution in [0.15, 0.2) is 17.2 Å². The molecule has 1 fully saturated rings. The quantitative estimate of drug-likeness (QED) is 0.887. The molecule has 2 heterocycles. The Morgan fingerprint density at radius 3 is 3.05 bits per heavy atom. The third-order valence-electron chi connectivity index (χ3n) is 2.97. The molecular formula is C12H15ClN4O3S. The Labute approximate surface area is 128 Å². The second kappa shape index (κ2) is 6.58. The Morgan fingerprint density at radius 1 is 1.67 bits per heavy atom. The highest BCUT2D eigenvalue weighted by atomic mass is 35.5. The molecule has 1 aliphatic heterocycles. The molecule has 1 aliphatic rings. The monoisotopic (exact) mass is 330 g/mol. The number of hydrogen-bond acceptors (Lipinski definition) is 6. The van der Waals surface area contributed by atoms with E-state index in [2.05, 4.69) is 10.3 Å². The maximum atomic E-state index is 12.5. The molecule has 1 aromatic rings. The third kappa shape index (κ3) is 3.44. The Hall–Kier alpha value is -1.40. The fraction of sp³-hybridized carbons (Fsp3) is 0.500. The standard InChI is InChI=1S/C12H15ClN4O3S/c1-2-15-12-11(13)5-10(7-16-12)21(18,19)17-3-4-20-9(6-14)8-17/h5,7,9H,2-4,8H2,1H3,(H,15,16). The van der Waals surface area contributed by atoms with Gasteiger partial charge in [-0.25, -0.2) is 13.4 Å². The van der Waals surface area contributed by atoms with Crippen LogP contribution in [0.25, 0.3) is 0 Å². The van der Waals surface area contributed by atoms with Gasteiger partial charge >= 0.3 is 0 Å². The Kier molecular flexibility index (Phi) is 5.00. The van der Waals surface area contributed by atoms with Gasteiger partial charge in [-0.15, -0.1) is 0 Å². The van der Waals surface area contributed by atoms with Crippen molar-refractivity contribution < 1.29 is 13.2 Å². The zero-order valence-electron chi connectivity index (χ0n) is 11.4. The zero-order valence-corrected chi connectivity index (χ0v) is 13.0. The minimum atomic E-state index is -3.73. The van der Waals surface area contributed by atoms with Crippen molar-refractivity contribution >= 4 is 27.4 Å². The maximum Gasteiger partial charge on any atom is 0.244 e. The van der Waals surface area contributed by atoms with E-state index in [1.54, 1.807) is 0 Å². The average Bonchev–Trinajstić information content (AvgIpc) is 2.49. The Morgan fingerprint density at radius 2 is 2.43 bits per heavy atom. The van der Waals surface area contributed by atoms with Crippen molar-refractivity contribution in [2.24, 2.45) is 0 Å². The van der Waals surface area contributed by atoms with Crippen LogP contribution < -0.4 is 5.32 Å². The summed E-state index contributed by atoms with van der Waals surface area (Å²) < 4.78 is 31.4. The molecule has 2 rings (SSSR count). The smallest absolute Gasteiger partial charge is 0.244 e. The number of nitrogens with zero attached hydrogens (tertiary/aromatic N) is 3. The zero-order chi connectivity index (χ0) is 15.5. The van der Waals surface area contributed by atoms with E-state index in [1.165, 1.54) is 16.6 Å². The first-order chi connectivity index (χ1) is 9.98. The largest absolute Gasteiger partial charge is 0.369 e. The highest BCUT2D eigenvalue weighted by Crippen LogP contribution is 2.25. The van der Waals surface area contributed by atoms with Gasteiger partial charge in [0.25, 0.3) is 0 Å². The molecule has 0 amide bonds. The summed E-state index contributed by atoms with van der Waals surface area (Å²) in [6.07, 6.45) is 0.508. The van der Waals surface area contributed by atoms with Crippen LogP contribution in [0.3, 0.4) is 0 Å². The molecule has 1 unspecified atom stereocenters. The van der Waals surface area contributed by atoms with Crippen LogP contribution >= 0.6 is 11.6 Å². The van der Waals surface area contributed by atoms with Gasteiger partial charge in [0.2, 0.25) is 10.0 Å². The molecule has 9 heteroatoms. The summed E-state index contributed by atoms with van der Waals surface area (Å²) in [5.41, 5.74) is 0. The molecule has 0 aliphatic carbocycles. The second-order valence-corrected chi connectivity index (χ2v) is 6.73. The van der Waals surface area contributed by atoms with E-state index in [-0.39, 0.29) is 29.6 Å². The van der Waals surface area contributed by atoms with Crippen LogP contribution in [-0.4, -0.2) is 50.1 Å². The van der Waals surface area contributed by atoms with Crippen molar-refractivity contribution in [3.05, 3.63) is 17.3 Å². The van der Waals surface area contributed by atoms with Gasteiger partial charge in [-0.3, -0.25) is 0 Å². The molecular weight excluding hydrogens is 316 g/mol. The van der Waals surface area contributed by atoms with E-state index >= 15 is 0 Å². The lowest BCUT2D eigenvalue weighted by atomic mass is 10.3. The van der Waals surface area contributed by atoms with Gasteiger partial charge in [0.15, 0.2) is 6.10 Å². The van der Waals surface area contributed by atoms with Gasteiger partial charge in [0, 0.05) is 19.3 Å². The molecule has 1 aromatic heterocycles. The predicted molar refractivity (Wildman–Crippen MR) is 77.5 cm³/mol. The number of aromatic nitrogens is 1. The molecule has 0 bridgehead atoms. The highest BCUT2D eigenvalue weighted by Gasteiger charge is 2.31. The normalized spacial score (nSPS) is 20.0. The lowest BCUT2D eigenvalue weighted by Gasteiger charge is -2.28. The van der Waals surface area contributed by atoms with Gasteiger partial charge in [-0.2, -0.15) is 9.57 Å². The topological polar surface area (TPSA) is 95.3 Å². The third-order valence-corrected chi connectivity index (χ3v) is 5.09. The molecule has 0 aromatic carbocycles. The predicted octanol–water partition coefficient (Wildman–Crippen LogP) is 1.08. The SMILES string of the molecule is CCNc1ncc(S(=O)(=O)N2CCOC(C#N)C2)cc1Cl. The van der Waals surface area contributed by atoms with Crippen LogP contribution in [0.5, 0.6) is 0 Å². The molecule has 0 radical (unpaired) electrons. The van der Waals surface area contributed by atoms with Crippen molar-refractivity contribution in [3.8, 4) is 6.07 Å². The van der Waals surface area contributed by atoms with E-state index < -0.39 is 16.1 Å². The first-order valence-electron chi connectivity index (χ1n) is 6.39. The number of nitrogens with one attached hydrogen (secondary N) is 1. The van der Waals surface area contributed by atoms with Crippen molar-refractivity contribution in [1.82, 2.24) is 9.29 Å². The minimum Gasteiger partial charge on any atom is -0.369 e. The van der Waals surface area contributed by atoms with Crippen molar-refractivity contribution in [1.29, 1.82) is 5.26 Å². The summed E-state index contributed by atoms with van der Waals surface area (Å²) in [6.45, 7) is 2.91. The van der Waals surface area contributed by atoms with E-state index in [1.807, 2.05) is 13.0 Å². The van der Waals surface area contributed by atoms with E-state index in [0.717, 1.165) is 0 Å². The summed E-state index contributed by atoms with van der Waals surface area (Å²) >= 11 is 6.02.